The molecule has 3 aliphatic rings. The number of nitrogens with zero attached hydrogens (tertiary/aromatic N) is 4. The Bertz CT molecular complexity index is 1390. The zero-order valence-electron chi connectivity index (χ0n) is 19.0. The number of carbonyl (C=O) groups excluding carboxylic acids is 2. The number of hydrazone groups is 1. The largest absolute Gasteiger partial charge is 0.481 e. The Balaban J connectivity index is 1.63. The maximum absolute atomic E-state index is 13.4. The van der Waals surface area contributed by atoms with Gasteiger partial charge in [0.15, 0.2) is 0 Å². The minimum atomic E-state index is -1.07. The molecular formula is C27H21ClN4O4. The van der Waals surface area contributed by atoms with Gasteiger partial charge < -0.3 is 5.11 Å². The first-order valence-corrected chi connectivity index (χ1v) is 11.8. The number of hydrogen-bond donors (Lipinski definition) is 1. The second kappa shape index (κ2) is 9.83. The van der Waals surface area contributed by atoms with Crippen molar-refractivity contribution >= 4 is 46.4 Å². The van der Waals surface area contributed by atoms with E-state index in [-0.39, 0.29) is 25.2 Å². The molecule has 0 saturated heterocycles. The molecule has 0 fully saturated rings. The fraction of sp³-hybridized carbons (Fsp3) is 0.185. The molecule has 180 valence electrons. The minimum absolute atomic E-state index is 0.213. The van der Waals surface area contributed by atoms with Crippen LogP contribution >= 0.6 is 11.6 Å². The standard InChI is InChI=1S/C27H21ClN4O4/c28-18-8-9-20-19(13-18)25(16-5-2-1-3-6-16)26(27(36)30-20)21-14-22(17-7-4-12-29-15-17)32(31-21)23(33)10-11-24(34)35/h1-9,12-13,15,19,22H,10-11,14H2,(H,34,35). The van der Waals surface area contributed by atoms with Crippen LogP contribution in [0.5, 0.6) is 0 Å². The van der Waals surface area contributed by atoms with Crippen molar-refractivity contribution in [2.24, 2.45) is 16.0 Å². The Morgan fingerprint density at radius 1 is 1.08 bits per heavy atom. The zero-order valence-corrected chi connectivity index (χ0v) is 19.8. The number of aliphatic imine (C=N–C) groups is 1. The van der Waals surface area contributed by atoms with E-state index in [0.29, 0.717) is 22.0 Å². The summed E-state index contributed by atoms with van der Waals surface area (Å²) in [6.07, 6.45) is 8.28. The maximum Gasteiger partial charge on any atom is 0.303 e. The van der Waals surface area contributed by atoms with Gasteiger partial charge in [0.2, 0.25) is 5.91 Å². The fourth-order valence-corrected chi connectivity index (χ4v) is 4.81. The maximum atomic E-state index is 13.4. The summed E-state index contributed by atoms with van der Waals surface area (Å²) >= 11 is 6.34. The number of hydrogen-bond acceptors (Lipinski definition) is 5. The van der Waals surface area contributed by atoms with Crippen LogP contribution in [-0.2, 0) is 14.4 Å². The van der Waals surface area contributed by atoms with Gasteiger partial charge in [-0.1, -0.05) is 54.1 Å². The first kappa shape index (κ1) is 23.6. The van der Waals surface area contributed by atoms with E-state index in [9.17, 15) is 14.4 Å². The third kappa shape index (κ3) is 4.55. The summed E-state index contributed by atoms with van der Waals surface area (Å²) in [6, 6.07) is 12.5. The Labute approximate surface area is 212 Å². The van der Waals surface area contributed by atoms with E-state index >= 15 is 0 Å². The lowest BCUT2D eigenvalue weighted by molar-refractivity contribution is -0.141. The second-order valence-corrected chi connectivity index (χ2v) is 8.98. The monoisotopic (exact) mass is 500 g/mol. The molecule has 8 nitrogen and oxygen atoms in total. The molecule has 1 aromatic carbocycles. The highest BCUT2D eigenvalue weighted by molar-refractivity contribution is 6.36. The number of carbonyl (C=O) groups is 3. The Morgan fingerprint density at radius 2 is 1.89 bits per heavy atom. The molecule has 0 bridgehead atoms. The Morgan fingerprint density at radius 3 is 2.61 bits per heavy atom. The first-order valence-electron chi connectivity index (χ1n) is 11.4. The zero-order chi connectivity index (χ0) is 25.2. The van der Waals surface area contributed by atoms with Gasteiger partial charge in [-0.2, -0.15) is 5.10 Å². The number of aliphatic carboxylic acids is 1. The number of amides is 2. The lowest BCUT2D eigenvalue weighted by Gasteiger charge is -2.27. The SMILES string of the molecule is O=C(O)CCC(=O)N1N=C(C2=C(c3ccccc3)C3C=C(Cl)C=CC3=NC2=O)CC1c1cccnc1. The predicted octanol–water partition coefficient (Wildman–Crippen LogP) is 4.32. The van der Waals surface area contributed by atoms with Crippen molar-refractivity contribution in [3.63, 3.8) is 0 Å². The van der Waals surface area contributed by atoms with Crippen molar-refractivity contribution < 1.29 is 19.5 Å². The van der Waals surface area contributed by atoms with Gasteiger partial charge in [0.25, 0.3) is 5.91 Å². The highest BCUT2D eigenvalue weighted by Gasteiger charge is 2.40. The summed E-state index contributed by atoms with van der Waals surface area (Å²) in [6.45, 7) is 0. The molecule has 2 aliphatic heterocycles. The van der Waals surface area contributed by atoms with Crippen LogP contribution in [0.15, 0.2) is 93.8 Å². The van der Waals surface area contributed by atoms with Crippen LogP contribution in [0.1, 0.15) is 36.4 Å². The number of rotatable bonds is 6. The smallest absolute Gasteiger partial charge is 0.303 e. The van der Waals surface area contributed by atoms with Crippen molar-refractivity contribution in [2.75, 3.05) is 0 Å². The van der Waals surface area contributed by atoms with Gasteiger partial charge in [0, 0.05) is 36.2 Å². The molecule has 0 spiro atoms. The molecule has 0 radical (unpaired) electrons. The molecule has 2 unspecified atom stereocenters. The molecule has 2 atom stereocenters. The number of carboxylic acid groups (broad SMARTS) is 1. The van der Waals surface area contributed by atoms with Crippen LogP contribution in [-0.4, -0.2) is 44.3 Å². The van der Waals surface area contributed by atoms with E-state index in [0.717, 1.165) is 16.7 Å². The third-order valence-electron chi connectivity index (χ3n) is 6.24. The molecule has 3 heterocycles. The summed E-state index contributed by atoms with van der Waals surface area (Å²) in [5.74, 6) is -2.32. The van der Waals surface area contributed by atoms with Crippen LogP contribution < -0.4 is 0 Å². The average Bonchev–Trinajstić information content (AvgIpc) is 3.33. The van der Waals surface area contributed by atoms with Gasteiger partial charge in [-0.15, -0.1) is 0 Å². The normalized spacial score (nSPS) is 21.1. The van der Waals surface area contributed by atoms with E-state index in [4.69, 9.17) is 16.7 Å². The van der Waals surface area contributed by atoms with Crippen molar-refractivity contribution in [2.45, 2.75) is 25.3 Å². The second-order valence-electron chi connectivity index (χ2n) is 8.54. The number of carboxylic acids is 1. The number of aromatic nitrogens is 1. The summed E-state index contributed by atoms with van der Waals surface area (Å²) in [5.41, 5.74) is 3.61. The topological polar surface area (TPSA) is 112 Å². The van der Waals surface area contributed by atoms with E-state index in [1.807, 2.05) is 42.5 Å². The lowest BCUT2D eigenvalue weighted by atomic mass is 9.79. The number of allylic oxidation sites excluding steroid dienone is 5. The van der Waals surface area contributed by atoms with Crippen molar-refractivity contribution in [1.29, 1.82) is 0 Å². The molecule has 9 heteroatoms. The third-order valence-corrected chi connectivity index (χ3v) is 6.50. The number of halogens is 1. The first-order chi connectivity index (χ1) is 17.4. The molecule has 1 N–H and O–H groups in total. The van der Waals surface area contributed by atoms with Crippen LogP contribution in [0.4, 0.5) is 0 Å². The Hall–Kier alpha value is -4.17. The number of pyridine rings is 1. The van der Waals surface area contributed by atoms with Crippen molar-refractivity contribution in [1.82, 2.24) is 9.99 Å². The molecule has 1 aromatic heterocycles. The Kier molecular flexibility index (Phi) is 6.43. The number of fused-ring (bicyclic) bond motifs is 1. The average molecular weight is 501 g/mol. The molecule has 0 saturated carbocycles. The minimum Gasteiger partial charge on any atom is -0.481 e. The fourth-order valence-electron chi connectivity index (χ4n) is 4.62. The van der Waals surface area contributed by atoms with Gasteiger partial charge in [-0.05, 0) is 34.9 Å². The van der Waals surface area contributed by atoms with Gasteiger partial charge in [0.1, 0.15) is 0 Å². The summed E-state index contributed by atoms with van der Waals surface area (Å²) in [5, 5.41) is 15.5. The molecule has 5 rings (SSSR count). The molecule has 36 heavy (non-hydrogen) atoms. The van der Waals surface area contributed by atoms with Crippen LogP contribution in [0.2, 0.25) is 0 Å². The van der Waals surface area contributed by atoms with Gasteiger partial charge in [-0.3, -0.25) is 19.4 Å². The van der Waals surface area contributed by atoms with Crippen molar-refractivity contribution in [3.8, 4) is 0 Å². The summed E-state index contributed by atoms with van der Waals surface area (Å²) in [7, 11) is 0. The highest BCUT2D eigenvalue weighted by Crippen LogP contribution is 2.41. The van der Waals surface area contributed by atoms with Crippen LogP contribution in [0.25, 0.3) is 5.57 Å². The predicted molar refractivity (Wildman–Crippen MR) is 135 cm³/mol. The molecule has 2 aromatic rings. The number of dihydropyridines is 1. The van der Waals surface area contributed by atoms with E-state index < -0.39 is 23.8 Å². The van der Waals surface area contributed by atoms with E-state index in [1.165, 1.54) is 5.01 Å². The summed E-state index contributed by atoms with van der Waals surface area (Å²) < 4.78 is 0. The quantitative estimate of drug-likeness (QED) is 0.634. The molecular weight excluding hydrogens is 480 g/mol. The summed E-state index contributed by atoms with van der Waals surface area (Å²) in [4.78, 5) is 46.0. The van der Waals surface area contributed by atoms with Gasteiger partial charge >= 0.3 is 5.97 Å². The van der Waals surface area contributed by atoms with Crippen LogP contribution in [0.3, 0.4) is 0 Å². The van der Waals surface area contributed by atoms with Gasteiger partial charge in [0.05, 0.1) is 29.5 Å². The van der Waals surface area contributed by atoms with E-state index in [2.05, 4.69) is 15.1 Å². The number of benzene rings is 1. The molecule has 2 amide bonds. The van der Waals surface area contributed by atoms with Crippen LogP contribution in [0, 0.1) is 5.92 Å². The lowest BCUT2D eigenvalue weighted by Crippen LogP contribution is -2.27. The van der Waals surface area contributed by atoms with Gasteiger partial charge in [-0.25, -0.2) is 10.0 Å². The highest BCUT2D eigenvalue weighted by atomic mass is 35.5. The molecule has 1 aliphatic carbocycles. The van der Waals surface area contributed by atoms with E-state index in [1.54, 1.807) is 30.6 Å². The van der Waals surface area contributed by atoms with Crippen molar-refractivity contribution in [3.05, 3.63) is 94.8 Å².